The molecule has 6 heteroatoms. The summed E-state index contributed by atoms with van der Waals surface area (Å²) in [5.74, 6) is -0.0112. The van der Waals surface area contributed by atoms with Crippen LogP contribution in [0.3, 0.4) is 0 Å². The summed E-state index contributed by atoms with van der Waals surface area (Å²) in [6.45, 7) is 2.82. The van der Waals surface area contributed by atoms with Crippen molar-refractivity contribution in [1.29, 1.82) is 0 Å². The SMILES string of the molecule is CCOC(=O)c1coc(N(C)CC2CC(O)C2)n1. The highest BCUT2D eigenvalue weighted by Crippen LogP contribution is 2.28. The zero-order valence-corrected chi connectivity index (χ0v) is 10.6. The van der Waals surface area contributed by atoms with Gasteiger partial charge in [0.1, 0.15) is 6.26 Å². The van der Waals surface area contributed by atoms with Gasteiger partial charge in [-0.1, -0.05) is 0 Å². The van der Waals surface area contributed by atoms with Crippen molar-refractivity contribution >= 4 is 12.0 Å². The van der Waals surface area contributed by atoms with Crippen molar-refractivity contribution in [3.8, 4) is 0 Å². The number of esters is 1. The lowest BCUT2D eigenvalue weighted by molar-refractivity contribution is 0.0461. The fourth-order valence-corrected chi connectivity index (χ4v) is 2.05. The molecule has 0 amide bonds. The number of anilines is 1. The van der Waals surface area contributed by atoms with E-state index in [4.69, 9.17) is 9.15 Å². The highest BCUT2D eigenvalue weighted by Gasteiger charge is 2.29. The van der Waals surface area contributed by atoms with Crippen LogP contribution in [0.4, 0.5) is 6.01 Å². The molecule has 1 fully saturated rings. The summed E-state index contributed by atoms with van der Waals surface area (Å²) in [4.78, 5) is 17.3. The third-order valence-corrected chi connectivity index (χ3v) is 3.05. The van der Waals surface area contributed by atoms with E-state index in [-0.39, 0.29) is 11.8 Å². The number of hydrogen-bond donors (Lipinski definition) is 1. The molecule has 0 spiro atoms. The van der Waals surface area contributed by atoms with Gasteiger partial charge in [0.15, 0.2) is 5.69 Å². The predicted molar refractivity (Wildman–Crippen MR) is 64.5 cm³/mol. The van der Waals surface area contributed by atoms with Gasteiger partial charge in [-0.2, -0.15) is 4.98 Å². The van der Waals surface area contributed by atoms with Crippen LogP contribution in [0.1, 0.15) is 30.3 Å². The van der Waals surface area contributed by atoms with Gasteiger partial charge in [0.2, 0.25) is 0 Å². The van der Waals surface area contributed by atoms with E-state index in [0.29, 0.717) is 18.5 Å². The normalized spacial score (nSPS) is 22.4. The van der Waals surface area contributed by atoms with Crippen molar-refractivity contribution < 1.29 is 19.1 Å². The summed E-state index contributed by atoms with van der Waals surface area (Å²) >= 11 is 0. The van der Waals surface area contributed by atoms with Crippen molar-refractivity contribution in [3.63, 3.8) is 0 Å². The Hall–Kier alpha value is -1.56. The van der Waals surface area contributed by atoms with E-state index < -0.39 is 5.97 Å². The molecular formula is C12H18N2O4. The van der Waals surface area contributed by atoms with Crippen LogP contribution in [0.15, 0.2) is 10.7 Å². The number of carbonyl (C=O) groups is 1. The molecule has 0 bridgehead atoms. The molecule has 1 aromatic heterocycles. The van der Waals surface area contributed by atoms with E-state index in [1.807, 2.05) is 11.9 Å². The molecule has 0 atom stereocenters. The van der Waals surface area contributed by atoms with Gasteiger partial charge < -0.3 is 19.2 Å². The molecule has 1 aliphatic carbocycles. The highest BCUT2D eigenvalue weighted by molar-refractivity contribution is 5.87. The van der Waals surface area contributed by atoms with Gasteiger partial charge >= 0.3 is 5.97 Å². The van der Waals surface area contributed by atoms with Crippen LogP contribution in [-0.4, -0.2) is 42.4 Å². The molecule has 1 saturated carbocycles. The summed E-state index contributed by atoms with van der Waals surface area (Å²) in [5, 5.41) is 9.22. The Kier molecular flexibility index (Phi) is 3.86. The molecule has 1 aliphatic rings. The third-order valence-electron chi connectivity index (χ3n) is 3.05. The molecule has 0 radical (unpaired) electrons. The van der Waals surface area contributed by atoms with Crippen LogP contribution in [-0.2, 0) is 4.74 Å². The maximum absolute atomic E-state index is 11.4. The lowest BCUT2D eigenvalue weighted by atomic mass is 9.82. The fraction of sp³-hybridized carbons (Fsp3) is 0.667. The largest absolute Gasteiger partial charge is 0.461 e. The quantitative estimate of drug-likeness (QED) is 0.792. The Morgan fingerprint density at radius 1 is 1.67 bits per heavy atom. The van der Waals surface area contributed by atoms with Crippen LogP contribution < -0.4 is 4.90 Å². The smallest absolute Gasteiger partial charge is 0.360 e. The minimum absolute atomic E-state index is 0.164. The highest BCUT2D eigenvalue weighted by atomic mass is 16.5. The Morgan fingerprint density at radius 2 is 2.39 bits per heavy atom. The Labute approximate surface area is 106 Å². The van der Waals surface area contributed by atoms with E-state index in [0.717, 1.165) is 19.4 Å². The number of oxazole rings is 1. The molecule has 2 rings (SSSR count). The number of nitrogens with zero attached hydrogens (tertiary/aromatic N) is 2. The second kappa shape index (κ2) is 5.39. The van der Waals surface area contributed by atoms with Gasteiger partial charge in [0.05, 0.1) is 12.7 Å². The Balaban J connectivity index is 1.90. The standard InChI is InChI=1S/C12H18N2O4/c1-3-17-11(16)10-7-18-12(13-10)14(2)6-8-4-9(15)5-8/h7-9,15H,3-6H2,1-2H3. The van der Waals surface area contributed by atoms with Crippen molar-refractivity contribution in [2.75, 3.05) is 25.1 Å². The summed E-state index contributed by atoms with van der Waals surface area (Å²) in [6.07, 6.45) is 2.77. The monoisotopic (exact) mass is 254 g/mol. The average Bonchev–Trinajstić information content (AvgIpc) is 2.76. The molecule has 6 nitrogen and oxygen atoms in total. The molecular weight excluding hydrogens is 236 g/mol. The molecule has 0 saturated heterocycles. The van der Waals surface area contributed by atoms with Gasteiger partial charge in [-0.25, -0.2) is 4.79 Å². The minimum Gasteiger partial charge on any atom is -0.461 e. The van der Waals surface area contributed by atoms with E-state index in [1.165, 1.54) is 6.26 Å². The number of hydrogen-bond acceptors (Lipinski definition) is 6. The average molecular weight is 254 g/mol. The summed E-state index contributed by atoms with van der Waals surface area (Å²) in [6, 6.07) is 0.402. The first-order valence-electron chi connectivity index (χ1n) is 6.12. The molecule has 0 aromatic carbocycles. The van der Waals surface area contributed by atoms with Crippen molar-refractivity contribution in [2.45, 2.75) is 25.9 Å². The molecule has 18 heavy (non-hydrogen) atoms. The van der Waals surface area contributed by atoms with Crippen LogP contribution in [0, 0.1) is 5.92 Å². The predicted octanol–water partition coefficient (Wildman–Crippen LogP) is 1.06. The maximum atomic E-state index is 11.4. The summed E-state index contributed by atoms with van der Waals surface area (Å²) in [7, 11) is 1.85. The third kappa shape index (κ3) is 2.81. The number of rotatable bonds is 5. The van der Waals surface area contributed by atoms with Crippen molar-refractivity contribution in [1.82, 2.24) is 4.98 Å². The number of aliphatic hydroxyl groups is 1. The molecule has 1 N–H and O–H groups in total. The fourth-order valence-electron chi connectivity index (χ4n) is 2.05. The van der Waals surface area contributed by atoms with Gasteiger partial charge in [0.25, 0.3) is 6.01 Å². The van der Waals surface area contributed by atoms with E-state index in [1.54, 1.807) is 6.92 Å². The van der Waals surface area contributed by atoms with Gasteiger partial charge in [-0.05, 0) is 25.7 Å². The first kappa shape index (κ1) is 12.9. The molecule has 0 aliphatic heterocycles. The van der Waals surface area contributed by atoms with E-state index in [9.17, 15) is 9.90 Å². The molecule has 0 unspecified atom stereocenters. The van der Waals surface area contributed by atoms with Crippen LogP contribution in [0.2, 0.25) is 0 Å². The second-order valence-electron chi connectivity index (χ2n) is 4.61. The second-order valence-corrected chi connectivity index (χ2v) is 4.61. The maximum Gasteiger partial charge on any atom is 0.360 e. The Bertz CT molecular complexity index is 412. The van der Waals surface area contributed by atoms with Gasteiger partial charge in [-0.15, -0.1) is 0 Å². The topological polar surface area (TPSA) is 75.8 Å². The first-order valence-corrected chi connectivity index (χ1v) is 6.12. The minimum atomic E-state index is -0.472. The van der Waals surface area contributed by atoms with E-state index in [2.05, 4.69) is 4.98 Å². The number of aromatic nitrogens is 1. The lowest BCUT2D eigenvalue weighted by Gasteiger charge is -2.33. The van der Waals surface area contributed by atoms with Crippen LogP contribution in [0.25, 0.3) is 0 Å². The van der Waals surface area contributed by atoms with Crippen LogP contribution >= 0.6 is 0 Å². The van der Waals surface area contributed by atoms with Crippen molar-refractivity contribution in [3.05, 3.63) is 12.0 Å². The van der Waals surface area contributed by atoms with E-state index >= 15 is 0 Å². The lowest BCUT2D eigenvalue weighted by Crippen LogP contribution is -2.37. The molecule has 1 aromatic rings. The van der Waals surface area contributed by atoms with Crippen LogP contribution in [0.5, 0.6) is 0 Å². The number of ether oxygens (including phenoxy) is 1. The first-order chi connectivity index (χ1) is 8.60. The molecule has 1 heterocycles. The zero-order valence-electron chi connectivity index (χ0n) is 10.6. The van der Waals surface area contributed by atoms with Gasteiger partial charge in [0, 0.05) is 13.6 Å². The van der Waals surface area contributed by atoms with Crippen molar-refractivity contribution in [2.24, 2.45) is 5.92 Å². The summed E-state index contributed by atoms with van der Waals surface area (Å²) < 4.78 is 10.1. The number of carbonyl (C=O) groups excluding carboxylic acids is 1. The summed E-state index contributed by atoms with van der Waals surface area (Å²) in [5.41, 5.74) is 0.187. The molecule has 100 valence electrons. The Morgan fingerprint density at radius 3 is 3.00 bits per heavy atom. The zero-order chi connectivity index (χ0) is 13.1. The number of aliphatic hydroxyl groups excluding tert-OH is 1. The van der Waals surface area contributed by atoms with Gasteiger partial charge in [-0.3, -0.25) is 0 Å².